The molecule has 5 aromatic rings. The van der Waals surface area contributed by atoms with Crippen LogP contribution in [-0.4, -0.2) is 35.5 Å². The van der Waals surface area contributed by atoms with Crippen LogP contribution < -0.4 is 4.90 Å². The van der Waals surface area contributed by atoms with E-state index in [-0.39, 0.29) is 5.91 Å². The minimum atomic E-state index is -0.960. The van der Waals surface area contributed by atoms with Gasteiger partial charge in [0.15, 0.2) is 0 Å². The van der Waals surface area contributed by atoms with Gasteiger partial charge in [0.2, 0.25) is 5.91 Å². The van der Waals surface area contributed by atoms with Gasteiger partial charge in [-0.05, 0) is 78.9 Å². The Kier molecular flexibility index (Phi) is 8.94. The number of carbonyl (C=O) groups excluding carboxylic acids is 1. The van der Waals surface area contributed by atoms with Crippen molar-refractivity contribution in [3.8, 4) is 0 Å². The smallest absolute Gasteiger partial charge is 0.246 e. The van der Waals surface area contributed by atoms with Crippen LogP contribution in [0.5, 0.6) is 0 Å². The molecule has 1 N–H and O–H groups in total. The second-order valence-corrected chi connectivity index (χ2v) is 12.0. The lowest BCUT2D eigenvalue weighted by molar-refractivity contribution is -0.122. The first-order chi connectivity index (χ1) is 21.5. The Hall–Kier alpha value is -4.22. The molecule has 0 spiro atoms. The van der Waals surface area contributed by atoms with E-state index in [4.69, 9.17) is 11.6 Å². The Labute approximate surface area is 265 Å². The van der Waals surface area contributed by atoms with E-state index < -0.39 is 11.0 Å². The minimum absolute atomic E-state index is 0.00183. The minimum Gasteiger partial charge on any atom is -0.385 e. The van der Waals surface area contributed by atoms with Crippen molar-refractivity contribution >= 4 is 28.9 Å². The van der Waals surface area contributed by atoms with Gasteiger partial charge in [-0.25, -0.2) is 0 Å². The summed E-state index contributed by atoms with van der Waals surface area (Å²) < 4.78 is 0. The average molecular weight is 601 g/mol. The van der Waals surface area contributed by atoms with Gasteiger partial charge in [-0.1, -0.05) is 121 Å². The molecular formula is C39H37ClN2O2. The predicted octanol–water partition coefficient (Wildman–Crippen LogP) is 8.36. The van der Waals surface area contributed by atoms with Gasteiger partial charge < -0.3 is 10.0 Å². The maximum Gasteiger partial charge on any atom is 0.246 e. The summed E-state index contributed by atoms with van der Waals surface area (Å²) in [6.07, 6.45) is 1.81. The van der Waals surface area contributed by atoms with E-state index in [2.05, 4.69) is 29.2 Å². The summed E-state index contributed by atoms with van der Waals surface area (Å²) >= 11 is 6.11. The zero-order chi connectivity index (χ0) is 30.4. The van der Waals surface area contributed by atoms with Gasteiger partial charge in [0.1, 0.15) is 5.41 Å². The number of para-hydroxylation sites is 2. The molecule has 4 nitrogen and oxygen atoms in total. The van der Waals surface area contributed by atoms with Crippen LogP contribution in [0.4, 0.5) is 11.4 Å². The Bertz CT molecular complexity index is 1560. The molecule has 5 aromatic carbocycles. The van der Waals surface area contributed by atoms with E-state index in [0.29, 0.717) is 30.8 Å². The van der Waals surface area contributed by atoms with Gasteiger partial charge in [0, 0.05) is 29.5 Å². The number of benzene rings is 5. The van der Waals surface area contributed by atoms with Gasteiger partial charge in [-0.3, -0.25) is 9.69 Å². The number of carbonyl (C=O) groups is 1. The van der Waals surface area contributed by atoms with Crippen LogP contribution in [0.2, 0.25) is 5.02 Å². The number of nitrogens with zero attached hydrogens (tertiary/aromatic N) is 2. The third kappa shape index (κ3) is 6.07. The quantitative estimate of drug-likeness (QED) is 0.185. The Morgan fingerprint density at radius 3 is 1.57 bits per heavy atom. The van der Waals surface area contributed by atoms with E-state index in [1.165, 1.54) is 0 Å². The number of hydrogen-bond acceptors (Lipinski definition) is 3. The fourth-order valence-electron chi connectivity index (χ4n) is 6.50. The standard InChI is InChI=1S/C39H37ClN2O2/c40-34-23-21-31(22-24-34)38(44)25-28-41(29-26-38)30-27-39(32-13-5-1-6-14-32,33-15-7-2-8-16-33)37(43)42(35-17-9-3-10-18-35)36-19-11-4-12-20-36/h1-24,44H,25-30H2. The molecular weight excluding hydrogens is 564 g/mol. The highest BCUT2D eigenvalue weighted by Gasteiger charge is 2.46. The van der Waals surface area contributed by atoms with Crippen molar-refractivity contribution in [3.05, 3.63) is 167 Å². The first-order valence-electron chi connectivity index (χ1n) is 15.3. The first-order valence-corrected chi connectivity index (χ1v) is 15.6. The molecule has 1 aliphatic heterocycles. The second kappa shape index (κ2) is 13.2. The fraction of sp³-hybridized carbons (Fsp3) is 0.205. The average Bonchev–Trinajstić information content (AvgIpc) is 3.08. The SMILES string of the molecule is O=C(N(c1ccccc1)c1ccccc1)C(CCN1CCC(O)(c2ccc(Cl)cc2)CC1)(c1ccccc1)c1ccccc1. The summed E-state index contributed by atoms with van der Waals surface area (Å²) in [7, 11) is 0. The molecule has 0 unspecified atom stereocenters. The van der Waals surface area contributed by atoms with Crippen LogP contribution in [0, 0.1) is 0 Å². The number of anilines is 2. The fourth-order valence-corrected chi connectivity index (χ4v) is 6.63. The molecule has 1 saturated heterocycles. The van der Waals surface area contributed by atoms with Crippen LogP contribution >= 0.6 is 11.6 Å². The van der Waals surface area contributed by atoms with Crippen LogP contribution in [0.3, 0.4) is 0 Å². The topological polar surface area (TPSA) is 43.8 Å². The molecule has 1 amide bonds. The van der Waals surface area contributed by atoms with Gasteiger partial charge in [0.05, 0.1) is 5.60 Å². The summed E-state index contributed by atoms with van der Waals surface area (Å²) in [6, 6.07) is 47.7. The summed E-state index contributed by atoms with van der Waals surface area (Å²) in [5.41, 5.74) is 2.63. The zero-order valence-electron chi connectivity index (χ0n) is 24.7. The van der Waals surface area contributed by atoms with E-state index in [9.17, 15) is 5.11 Å². The lowest BCUT2D eigenvalue weighted by Gasteiger charge is -2.42. The molecule has 6 rings (SSSR count). The van der Waals surface area contributed by atoms with Gasteiger partial charge >= 0.3 is 0 Å². The van der Waals surface area contributed by atoms with Crippen molar-refractivity contribution in [1.82, 2.24) is 4.90 Å². The van der Waals surface area contributed by atoms with Crippen LogP contribution in [-0.2, 0) is 15.8 Å². The molecule has 0 aliphatic carbocycles. The number of rotatable bonds is 9. The van der Waals surface area contributed by atoms with Crippen LogP contribution in [0.25, 0.3) is 0 Å². The molecule has 1 fully saturated rings. The highest BCUT2D eigenvalue weighted by Crippen LogP contribution is 2.42. The van der Waals surface area contributed by atoms with Crippen molar-refractivity contribution in [2.75, 3.05) is 24.5 Å². The number of aliphatic hydroxyl groups is 1. The summed E-state index contributed by atoms with van der Waals surface area (Å²) in [5, 5.41) is 12.2. The highest BCUT2D eigenvalue weighted by molar-refractivity contribution is 6.30. The normalized spacial score (nSPS) is 15.0. The first kappa shape index (κ1) is 29.8. The van der Waals surface area contributed by atoms with Crippen molar-refractivity contribution in [2.24, 2.45) is 0 Å². The second-order valence-electron chi connectivity index (χ2n) is 11.6. The van der Waals surface area contributed by atoms with Crippen molar-refractivity contribution in [1.29, 1.82) is 0 Å². The Balaban J connectivity index is 1.38. The van der Waals surface area contributed by atoms with Gasteiger partial charge in [-0.15, -0.1) is 0 Å². The van der Waals surface area contributed by atoms with Crippen LogP contribution in [0.15, 0.2) is 146 Å². The molecule has 0 atom stereocenters. The zero-order valence-corrected chi connectivity index (χ0v) is 25.5. The van der Waals surface area contributed by atoms with E-state index in [1.807, 2.05) is 126 Å². The predicted molar refractivity (Wildman–Crippen MR) is 179 cm³/mol. The van der Waals surface area contributed by atoms with E-state index in [1.54, 1.807) is 0 Å². The maximum atomic E-state index is 15.4. The monoisotopic (exact) mass is 600 g/mol. The van der Waals surface area contributed by atoms with Gasteiger partial charge in [0.25, 0.3) is 0 Å². The summed E-state index contributed by atoms with van der Waals surface area (Å²) in [4.78, 5) is 19.7. The van der Waals surface area contributed by atoms with E-state index in [0.717, 1.165) is 41.2 Å². The molecule has 1 heterocycles. The number of piperidine rings is 1. The number of hydrogen-bond donors (Lipinski definition) is 1. The molecule has 0 bridgehead atoms. The van der Waals surface area contributed by atoms with Crippen LogP contribution in [0.1, 0.15) is 36.0 Å². The molecule has 5 heteroatoms. The number of halogens is 1. The molecule has 1 aliphatic rings. The Morgan fingerprint density at radius 1 is 0.682 bits per heavy atom. The third-order valence-corrected chi connectivity index (χ3v) is 9.25. The molecule has 44 heavy (non-hydrogen) atoms. The van der Waals surface area contributed by atoms with E-state index >= 15 is 4.79 Å². The largest absolute Gasteiger partial charge is 0.385 e. The molecule has 0 radical (unpaired) electrons. The number of likely N-dealkylation sites (tertiary alicyclic amines) is 1. The lowest BCUT2D eigenvalue weighted by Crippen LogP contribution is -2.49. The summed E-state index contributed by atoms with van der Waals surface area (Å²) in [6.45, 7) is 2.16. The third-order valence-electron chi connectivity index (χ3n) is 9.00. The Morgan fingerprint density at radius 2 is 1.11 bits per heavy atom. The molecule has 222 valence electrons. The van der Waals surface area contributed by atoms with Gasteiger partial charge in [-0.2, -0.15) is 0 Å². The maximum absolute atomic E-state index is 15.4. The summed E-state index contributed by atoms with van der Waals surface area (Å²) in [5.74, 6) is 0.00183. The molecule has 0 saturated carbocycles. The van der Waals surface area contributed by atoms with Crippen molar-refractivity contribution in [3.63, 3.8) is 0 Å². The lowest BCUT2D eigenvalue weighted by atomic mass is 9.70. The van der Waals surface area contributed by atoms with Crippen molar-refractivity contribution in [2.45, 2.75) is 30.3 Å². The number of amides is 1. The molecule has 0 aromatic heterocycles. The highest BCUT2D eigenvalue weighted by atomic mass is 35.5. The van der Waals surface area contributed by atoms with Crippen molar-refractivity contribution < 1.29 is 9.90 Å².